The molecule has 1 heterocycles. The number of alkyl carbamates (subject to hydrolysis) is 1. The normalized spacial score (nSPS) is 16.9. The Morgan fingerprint density at radius 3 is 1.68 bits per heavy atom. The maximum Gasteiger partial charge on any atom is 0.407 e. The van der Waals surface area contributed by atoms with E-state index in [1.165, 1.54) is 11.8 Å². The molecule has 10 nitrogen and oxygen atoms in total. The number of allylic oxidation sites excluding steroid dienone is 2. The molecule has 1 atom stereocenters. The maximum atomic E-state index is 12.3. The predicted octanol–water partition coefficient (Wildman–Crippen LogP) is 6.31. The van der Waals surface area contributed by atoms with Crippen LogP contribution in [0.5, 0.6) is 0 Å². The number of rotatable bonds is 5. The lowest BCUT2D eigenvalue weighted by Gasteiger charge is -2.36. The van der Waals surface area contributed by atoms with E-state index >= 15 is 0 Å². The van der Waals surface area contributed by atoms with Crippen LogP contribution in [-0.2, 0) is 23.8 Å². The van der Waals surface area contributed by atoms with Crippen molar-refractivity contribution in [2.45, 2.75) is 112 Å². The van der Waals surface area contributed by atoms with Gasteiger partial charge < -0.3 is 24.4 Å². The number of piperidine rings is 1. The monoisotopic (exact) mass is 578 g/mol. The Kier molecular flexibility index (Phi) is 14.3. The molecule has 0 aromatic rings. The Bertz CT molecular complexity index is 1060. The van der Waals surface area contributed by atoms with Crippen LogP contribution in [0.3, 0.4) is 0 Å². The zero-order valence-electron chi connectivity index (χ0n) is 26.1. The van der Waals surface area contributed by atoms with Crippen molar-refractivity contribution in [1.82, 2.24) is 10.2 Å². The summed E-state index contributed by atoms with van der Waals surface area (Å²) >= 11 is 1.38. The molecular formula is C29H46N4O6S. The third-order valence-corrected chi connectivity index (χ3v) is 5.81. The van der Waals surface area contributed by atoms with Gasteiger partial charge in [-0.2, -0.15) is 0 Å². The summed E-state index contributed by atoms with van der Waals surface area (Å²) in [4.78, 5) is 44.9. The Balaban J connectivity index is 0.000000919. The highest BCUT2D eigenvalue weighted by atomic mass is 32.2. The summed E-state index contributed by atoms with van der Waals surface area (Å²) in [6, 6.07) is -0.0980. The summed E-state index contributed by atoms with van der Waals surface area (Å²) in [5.41, 5.74) is -1.13. The lowest BCUT2D eigenvalue weighted by molar-refractivity contribution is -0.150. The summed E-state index contributed by atoms with van der Waals surface area (Å²) in [5.74, 6) is -1.16. The first kappa shape index (κ1) is 36.8. The Labute approximate surface area is 244 Å². The summed E-state index contributed by atoms with van der Waals surface area (Å²) in [7, 11) is 0. The highest BCUT2D eigenvalue weighted by molar-refractivity contribution is 8.02. The van der Waals surface area contributed by atoms with Crippen LogP contribution in [0.2, 0.25) is 0 Å². The molecule has 0 radical (unpaired) electrons. The molecule has 1 saturated heterocycles. The minimum atomic E-state index is -0.657. The fraction of sp³-hybridized carbons (Fsp3) is 0.690. The molecule has 1 N–H and O–H groups in total. The van der Waals surface area contributed by atoms with Crippen LogP contribution in [0.25, 0.3) is 9.69 Å². The summed E-state index contributed by atoms with van der Waals surface area (Å²) in [5, 5.41) is 2.87. The fourth-order valence-electron chi connectivity index (χ4n) is 3.32. The average Bonchev–Trinajstić information content (AvgIpc) is 2.76. The number of amides is 1. The second-order valence-corrected chi connectivity index (χ2v) is 13.2. The quantitative estimate of drug-likeness (QED) is 0.175. The van der Waals surface area contributed by atoms with E-state index in [9.17, 15) is 14.4 Å². The van der Waals surface area contributed by atoms with Crippen molar-refractivity contribution in [3.05, 3.63) is 44.8 Å². The second-order valence-electron chi connectivity index (χ2n) is 12.2. The van der Waals surface area contributed by atoms with Gasteiger partial charge >= 0.3 is 18.0 Å². The second kappa shape index (κ2) is 15.6. The Morgan fingerprint density at radius 1 is 0.825 bits per heavy atom. The first-order chi connectivity index (χ1) is 18.1. The van der Waals surface area contributed by atoms with E-state index in [1.54, 1.807) is 55.4 Å². The minimum Gasteiger partial charge on any atom is -0.465 e. The molecule has 1 amide bonds. The van der Waals surface area contributed by atoms with Gasteiger partial charge in [-0.15, -0.1) is 11.8 Å². The van der Waals surface area contributed by atoms with Gasteiger partial charge in [0, 0.05) is 24.8 Å². The van der Waals surface area contributed by atoms with Crippen molar-refractivity contribution < 1.29 is 28.6 Å². The molecule has 0 unspecified atom stereocenters. The van der Waals surface area contributed by atoms with Gasteiger partial charge in [0.15, 0.2) is 0 Å². The number of nitrogens with one attached hydrogen (secondary N) is 1. The van der Waals surface area contributed by atoms with Crippen LogP contribution in [0.4, 0.5) is 4.79 Å². The van der Waals surface area contributed by atoms with Gasteiger partial charge in [0.2, 0.25) is 0 Å². The van der Waals surface area contributed by atoms with Crippen LogP contribution in [-0.4, -0.2) is 65.1 Å². The van der Waals surface area contributed by atoms with Crippen molar-refractivity contribution in [2.24, 2.45) is 0 Å². The Hall–Kier alpha value is -3.18. The third-order valence-electron chi connectivity index (χ3n) is 5.01. The van der Waals surface area contributed by atoms with Gasteiger partial charge in [0.05, 0.1) is 13.1 Å². The van der Waals surface area contributed by atoms with Crippen LogP contribution < -0.4 is 5.32 Å². The number of hydrogen-bond acceptors (Lipinski definition) is 8. The molecule has 0 spiro atoms. The molecule has 0 aliphatic carbocycles. The topological polar surface area (TPSA) is 103 Å². The summed E-state index contributed by atoms with van der Waals surface area (Å²) < 4.78 is 15.7. The van der Waals surface area contributed by atoms with Gasteiger partial charge in [0.25, 0.3) is 11.4 Å². The van der Waals surface area contributed by atoms with E-state index in [1.807, 2.05) is 31.9 Å². The zero-order chi connectivity index (χ0) is 31.5. The number of likely N-dealkylation sites (tertiary alicyclic amines) is 1. The first-order valence-corrected chi connectivity index (χ1v) is 14.3. The molecule has 1 aliphatic heterocycles. The van der Waals surface area contributed by atoms with Crippen LogP contribution in [0.1, 0.15) is 89.0 Å². The van der Waals surface area contributed by atoms with Crippen molar-refractivity contribution in [1.29, 1.82) is 0 Å². The lowest BCUT2D eigenvalue weighted by atomic mass is 10.0. The fourth-order valence-corrected chi connectivity index (χ4v) is 3.64. The molecule has 0 aromatic heterocycles. The Morgan fingerprint density at radius 2 is 1.27 bits per heavy atom. The number of hydrogen-bond donors (Lipinski definition) is 1. The largest absolute Gasteiger partial charge is 0.465 e. The number of carbonyl (C=O) groups excluding carboxylic acids is 3. The maximum absolute atomic E-state index is 12.3. The van der Waals surface area contributed by atoms with E-state index in [-0.39, 0.29) is 17.4 Å². The van der Waals surface area contributed by atoms with E-state index in [0.717, 1.165) is 19.4 Å². The number of thioether (sulfide) groups is 1. The molecule has 0 bridgehead atoms. The van der Waals surface area contributed by atoms with Crippen LogP contribution in [0.15, 0.2) is 22.0 Å². The number of ether oxygens (including phenoxy) is 3. The first-order valence-electron chi connectivity index (χ1n) is 13.1. The predicted molar refractivity (Wildman–Crippen MR) is 158 cm³/mol. The summed E-state index contributed by atoms with van der Waals surface area (Å²) in [6.45, 7) is 35.1. The molecule has 0 aromatic carbocycles. The van der Waals surface area contributed by atoms with Gasteiger partial charge in [-0.1, -0.05) is 0 Å². The van der Waals surface area contributed by atoms with Crippen molar-refractivity contribution in [3.63, 3.8) is 0 Å². The number of esters is 2. The van der Waals surface area contributed by atoms with Crippen LogP contribution in [0, 0.1) is 13.1 Å². The van der Waals surface area contributed by atoms with Gasteiger partial charge in [0.1, 0.15) is 16.8 Å². The lowest BCUT2D eigenvalue weighted by Crippen LogP contribution is -2.48. The van der Waals surface area contributed by atoms with Crippen LogP contribution >= 0.6 is 11.8 Å². The third kappa shape index (κ3) is 14.8. The molecule has 0 saturated carbocycles. The smallest absolute Gasteiger partial charge is 0.407 e. The standard InChI is InChI=1S/C19H31N3O4.C10H15NO2S/c1-13(15(20-8)16(23)25-18(2,3)4)22-11-9-10-14(12-22)21-17(24)26-19(5,6)7;1-7(14-6)8(11-5)9(12)13-10(2,3)4/h14H,9-12H2,1-7H3,(H,21,24);1-4,6H3/b15-13+;8-7+/t14-;/m1./s1. The molecular weight excluding hydrogens is 532 g/mol. The molecule has 1 rings (SSSR count). The number of nitrogens with zero attached hydrogens (tertiary/aromatic N) is 3. The van der Waals surface area contributed by atoms with Crippen molar-refractivity contribution in [2.75, 3.05) is 19.3 Å². The van der Waals surface area contributed by atoms with E-state index in [2.05, 4.69) is 15.0 Å². The van der Waals surface area contributed by atoms with E-state index in [0.29, 0.717) is 17.1 Å². The van der Waals surface area contributed by atoms with E-state index < -0.39 is 34.8 Å². The molecule has 224 valence electrons. The van der Waals surface area contributed by atoms with E-state index in [4.69, 9.17) is 27.4 Å². The summed E-state index contributed by atoms with van der Waals surface area (Å²) in [6.07, 6.45) is 3.04. The van der Waals surface area contributed by atoms with Gasteiger partial charge in [-0.3, -0.25) is 9.59 Å². The molecule has 11 heteroatoms. The zero-order valence-corrected chi connectivity index (χ0v) is 26.9. The minimum absolute atomic E-state index is 0.0159. The van der Waals surface area contributed by atoms with Crippen molar-refractivity contribution >= 4 is 29.8 Å². The molecule has 1 aliphatic rings. The van der Waals surface area contributed by atoms with Crippen molar-refractivity contribution in [3.8, 4) is 0 Å². The van der Waals surface area contributed by atoms with Gasteiger partial charge in [-0.25, -0.2) is 14.5 Å². The van der Waals surface area contributed by atoms with Gasteiger partial charge in [-0.05, 0) is 100 Å². The highest BCUT2D eigenvalue weighted by Gasteiger charge is 2.28. The number of carbonyl (C=O) groups is 3. The SMILES string of the molecule is [C-]#[N+]/C(C(=O)OC(C)(C)C)=C(\C)N1CCC[C@@H](NC(=O)OC(C)(C)C)C1.[C-]#[N+]/C(C(=O)OC(C)(C)C)=C(\C)SC. The molecule has 1 fully saturated rings. The average molecular weight is 579 g/mol. The molecule has 40 heavy (non-hydrogen) atoms. The highest BCUT2D eigenvalue weighted by Crippen LogP contribution is 2.22.